The predicted octanol–water partition coefficient (Wildman–Crippen LogP) is 2.47. The largest absolute Gasteiger partial charge is 0.386 e. The third-order valence-electron chi connectivity index (χ3n) is 2.78. The van der Waals surface area contributed by atoms with Crippen molar-refractivity contribution in [1.82, 2.24) is 0 Å². The van der Waals surface area contributed by atoms with E-state index in [1.165, 1.54) is 11.1 Å². The van der Waals surface area contributed by atoms with Gasteiger partial charge in [-0.15, -0.1) is 0 Å². The molecule has 1 N–H and O–H groups in total. The Balaban J connectivity index is 2.15. The van der Waals surface area contributed by atoms with Crippen molar-refractivity contribution in [3.05, 3.63) is 34.9 Å². The lowest BCUT2D eigenvalue weighted by molar-refractivity contribution is -0.0227. The lowest BCUT2D eigenvalue weighted by atomic mass is 10.0. The summed E-state index contributed by atoms with van der Waals surface area (Å²) in [7, 11) is 0. The molecule has 2 atom stereocenters. The summed E-state index contributed by atoms with van der Waals surface area (Å²) in [6.07, 6.45) is -0.550. The van der Waals surface area contributed by atoms with E-state index in [1.54, 1.807) is 0 Å². The Labute approximate surface area is 101 Å². The zero-order chi connectivity index (χ0) is 11.5. The molecule has 88 valence electrons. The molecule has 0 saturated carbocycles. The Morgan fingerprint density at radius 3 is 2.56 bits per heavy atom. The normalized spacial score (nSPS) is 23.1. The highest BCUT2D eigenvalue weighted by Crippen LogP contribution is 2.26. The van der Waals surface area contributed by atoms with Crippen molar-refractivity contribution in [3.8, 4) is 0 Å². The molecular weight excluding hydrogens is 220 g/mol. The van der Waals surface area contributed by atoms with Crippen LogP contribution in [-0.2, 0) is 4.74 Å². The molecule has 2 unspecified atom stereocenters. The minimum absolute atomic E-state index is 0.0556. The van der Waals surface area contributed by atoms with E-state index in [9.17, 15) is 5.11 Å². The Hall–Kier alpha value is -0.510. The van der Waals surface area contributed by atoms with E-state index in [1.807, 2.05) is 23.9 Å². The highest BCUT2D eigenvalue weighted by Gasteiger charge is 2.24. The fraction of sp³-hybridized carbons (Fsp3) is 0.538. The molecule has 1 aliphatic heterocycles. The summed E-state index contributed by atoms with van der Waals surface area (Å²) in [4.78, 5) is 0. The van der Waals surface area contributed by atoms with Crippen LogP contribution in [0.1, 0.15) is 22.8 Å². The van der Waals surface area contributed by atoms with Crippen LogP contribution in [0.5, 0.6) is 0 Å². The molecule has 0 radical (unpaired) electrons. The van der Waals surface area contributed by atoms with Gasteiger partial charge in [0.15, 0.2) is 0 Å². The second-order valence-corrected chi connectivity index (χ2v) is 5.50. The maximum Gasteiger partial charge on any atom is 0.106 e. The average Bonchev–Trinajstić information content (AvgIpc) is 2.28. The van der Waals surface area contributed by atoms with Crippen LogP contribution in [0, 0.1) is 13.8 Å². The van der Waals surface area contributed by atoms with Crippen LogP contribution >= 0.6 is 11.8 Å². The molecule has 0 aliphatic carbocycles. The molecule has 1 saturated heterocycles. The van der Waals surface area contributed by atoms with Crippen molar-refractivity contribution in [2.75, 3.05) is 18.1 Å². The van der Waals surface area contributed by atoms with Crippen molar-refractivity contribution in [1.29, 1.82) is 0 Å². The lowest BCUT2D eigenvalue weighted by Crippen LogP contribution is -2.29. The summed E-state index contributed by atoms with van der Waals surface area (Å²) < 4.78 is 5.60. The second-order valence-electron chi connectivity index (χ2n) is 4.35. The minimum Gasteiger partial charge on any atom is -0.386 e. The van der Waals surface area contributed by atoms with Crippen LogP contribution in [0.3, 0.4) is 0 Å². The van der Waals surface area contributed by atoms with Crippen molar-refractivity contribution in [2.45, 2.75) is 26.1 Å². The van der Waals surface area contributed by atoms with Crippen molar-refractivity contribution in [2.24, 2.45) is 0 Å². The van der Waals surface area contributed by atoms with Crippen LogP contribution < -0.4 is 0 Å². The highest BCUT2D eigenvalue weighted by molar-refractivity contribution is 7.99. The molecule has 2 rings (SSSR count). The van der Waals surface area contributed by atoms with Gasteiger partial charge in [0.1, 0.15) is 6.10 Å². The summed E-state index contributed by atoms with van der Waals surface area (Å²) >= 11 is 1.85. The Bertz CT molecular complexity index is 339. The quantitative estimate of drug-likeness (QED) is 0.858. The molecule has 3 heteroatoms. The first-order valence-electron chi connectivity index (χ1n) is 5.62. The Morgan fingerprint density at radius 1 is 1.31 bits per heavy atom. The van der Waals surface area contributed by atoms with Gasteiger partial charge in [-0.3, -0.25) is 0 Å². The van der Waals surface area contributed by atoms with E-state index in [-0.39, 0.29) is 6.10 Å². The second kappa shape index (κ2) is 5.21. The number of hydrogen-bond donors (Lipinski definition) is 1. The number of thioether (sulfide) groups is 1. The predicted molar refractivity (Wildman–Crippen MR) is 67.9 cm³/mol. The van der Waals surface area contributed by atoms with Gasteiger partial charge in [-0.25, -0.2) is 0 Å². The summed E-state index contributed by atoms with van der Waals surface area (Å²) in [5, 5.41) is 10.3. The van der Waals surface area contributed by atoms with E-state index >= 15 is 0 Å². The summed E-state index contributed by atoms with van der Waals surface area (Å²) in [5.74, 6) is 1.92. The zero-order valence-electron chi connectivity index (χ0n) is 9.77. The number of hydrogen-bond acceptors (Lipinski definition) is 3. The van der Waals surface area contributed by atoms with Gasteiger partial charge >= 0.3 is 0 Å². The number of aliphatic hydroxyl groups excluding tert-OH is 1. The summed E-state index contributed by atoms with van der Waals surface area (Å²) in [5.41, 5.74) is 3.36. The molecule has 1 aliphatic rings. The Kier molecular flexibility index (Phi) is 3.90. The molecule has 0 spiro atoms. The third-order valence-corrected chi connectivity index (χ3v) is 3.80. The van der Waals surface area contributed by atoms with E-state index < -0.39 is 6.10 Å². The molecule has 1 heterocycles. The summed E-state index contributed by atoms with van der Waals surface area (Å²) in [6.45, 7) is 4.86. The molecule has 1 aromatic rings. The van der Waals surface area contributed by atoms with Gasteiger partial charge in [-0.1, -0.05) is 29.3 Å². The number of ether oxygens (including phenoxy) is 1. The first kappa shape index (κ1) is 12.0. The fourth-order valence-corrected chi connectivity index (χ4v) is 2.98. The smallest absolute Gasteiger partial charge is 0.106 e. The minimum atomic E-state index is -0.494. The average molecular weight is 238 g/mol. The standard InChI is InChI=1S/C13H18O2S/c1-9-5-10(2)7-11(6-9)13(14)12-8-16-4-3-15-12/h5-7,12-14H,3-4,8H2,1-2H3. The number of rotatable bonds is 2. The molecule has 16 heavy (non-hydrogen) atoms. The maximum absolute atomic E-state index is 10.3. The van der Waals surface area contributed by atoms with Gasteiger partial charge in [0.2, 0.25) is 0 Å². The molecule has 0 bridgehead atoms. The molecule has 0 aromatic heterocycles. The number of benzene rings is 1. The van der Waals surface area contributed by atoms with Crippen molar-refractivity contribution >= 4 is 11.8 Å². The first-order chi connectivity index (χ1) is 7.66. The van der Waals surface area contributed by atoms with Gasteiger partial charge in [0, 0.05) is 11.5 Å². The molecule has 0 amide bonds. The van der Waals surface area contributed by atoms with Crippen LogP contribution in [0.25, 0.3) is 0 Å². The van der Waals surface area contributed by atoms with Crippen molar-refractivity contribution in [3.63, 3.8) is 0 Å². The zero-order valence-corrected chi connectivity index (χ0v) is 10.6. The van der Waals surface area contributed by atoms with E-state index in [2.05, 4.69) is 19.9 Å². The SMILES string of the molecule is Cc1cc(C)cc(C(O)C2CSCCO2)c1. The van der Waals surface area contributed by atoms with Gasteiger partial charge in [-0.2, -0.15) is 11.8 Å². The fourth-order valence-electron chi connectivity index (χ4n) is 2.08. The molecule has 1 fully saturated rings. The van der Waals surface area contributed by atoms with Crippen LogP contribution in [-0.4, -0.2) is 29.3 Å². The van der Waals surface area contributed by atoms with E-state index in [0.29, 0.717) is 0 Å². The van der Waals surface area contributed by atoms with E-state index in [4.69, 9.17) is 4.74 Å². The lowest BCUT2D eigenvalue weighted by Gasteiger charge is -2.27. The first-order valence-corrected chi connectivity index (χ1v) is 6.78. The molecule has 2 nitrogen and oxygen atoms in total. The number of aliphatic hydroxyl groups is 1. The molecular formula is C13H18O2S. The van der Waals surface area contributed by atoms with Crippen LogP contribution in [0.2, 0.25) is 0 Å². The maximum atomic E-state index is 10.3. The van der Waals surface area contributed by atoms with Gasteiger partial charge in [-0.05, 0) is 19.4 Å². The van der Waals surface area contributed by atoms with Gasteiger partial charge in [0.05, 0.1) is 12.7 Å². The van der Waals surface area contributed by atoms with Crippen molar-refractivity contribution < 1.29 is 9.84 Å². The number of aryl methyl sites for hydroxylation is 2. The highest BCUT2D eigenvalue weighted by atomic mass is 32.2. The van der Waals surface area contributed by atoms with Crippen LogP contribution in [0.15, 0.2) is 18.2 Å². The van der Waals surface area contributed by atoms with Crippen LogP contribution in [0.4, 0.5) is 0 Å². The topological polar surface area (TPSA) is 29.5 Å². The third kappa shape index (κ3) is 2.78. The van der Waals surface area contributed by atoms with Gasteiger partial charge in [0.25, 0.3) is 0 Å². The summed E-state index contributed by atoms with van der Waals surface area (Å²) in [6, 6.07) is 6.20. The Morgan fingerprint density at radius 2 is 2.00 bits per heavy atom. The molecule has 1 aromatic carbocycles. The monoisotopic (exact) mass is 238 g/mol. The van der Waals surface area contributed by atoms with E-state index in [0.717, 1.165) is 23.7 Å². The van der Waals surface area contributed by atoms with Gasteiger partial charge < -0.3 is 9.84 Å².